The van der Waals surface area contributed by atoms with Gasteiger partial charge in [0.05, 0.1) is 5.60 Å². The standard InChI is InChI=1S/C16H23NOS/c1-11-2-3-14(19-11)9-17-15-5-12-4-13(6-15)8-16(18,7-12)10-15/h2-3,12-13,17-18H,4-10H2,1H3. The molecule has 0 spiro atoms. The predicted molar refractivity (Wildman–Crippen MR) is 78.3 cm³/mol. The van der Waals surface area contributed by atoms with E-state index in [1.807, 2.05) is 11.3 Å². The first-order valence-electron chi connectivity index (χ1n) is 7.57. The summed E-state index contributed by atoms with van der Waals surface area (Å²) in [5.74, 6) is 1.53. The molecule has 2 nitrogen and oxygen atoms in total. The first-order valence-corrected chi connectivity index (χ1v) is 8.39. The topological polar surface area (TPSA) is 32.3 Å². The molecule has 3 heteroatoms. The van der Waals surface area contributed by atoms with Crippen molar-refractivity contribution >= 4 is 11.3 Å². The monoisotopic (exact) mass is 277 g/mol. The highest BCUT2D eigenvalue weighted by Gasteiger charge is 2.56. The van der Waals surface area contributed by atoms with Gasteiger partial charge in [0.2, 0.25) is 0 Å². The van der Waals surface area contributed by atoms with Gasteiger partial charge in [-0.1, -0.05) is 0 Å². The van der Waals surface area contributed by atoms with Crippen LogP contribution < -0.4 is 5.32 Å². The average molecular weight is 277 g/mol. The fourth-order valence-corrected chi connectivity index (χ4v) is 6.11. The Morgan fingerprint density at radius 3 is 2.58 bits per heavy atom. The smallest absolute Gasteiger partial charge is 0.0670 e. The minimum absolute atomic E-state index is 0.233. The van der Waals surface area contributed by atoms with Gasteiger partial charge < -0.3 is 10.4 Å². The Morgan fingerprint density at radius 1 is 1.26 bits per heavy atom. The number of hydrogen-bond acceptors (Lipinski definition) is 3. The molecule has 1 heterocycles. The van der Waals surface area contributed by atoms with Gasteiger partial charge in [0, 0.05) is 21.8 Å². The summed E-state index contributed by atoms with van der Waals surface area (Å²) < 4.78 is 0. The van der Waals surface area contributed by atoms with E-state index in [9.17, 15) is 5.11 Å². The molecule has 4 saturated carbocycles. The Hall–Kier alpha value is -0.380. The lowest BCUT2D eigenvalue weighted by atomic mass is 9.51. The minimum atomic E-state index is -0.345. The molecule has 2 atom stereocenters. The zero-order valence-electron chi connectivity index (χ0n) is 11.6. The van der Waals surface area contributed by atoms with Crippen molar-refractivity contribution in [1.82, 2.24) is 5.32 Å². The maximum absolute atomic E-state index is 10.7. The van der Waals surface area contributed by atoms with E-state index in [0.717, 1.165) is 37.6 Å². The molecule has 104 valence electrons. The Morgan fingerprint density at radius 2 is 2.00 bits per heavy atom. The lowest BCUT2D eigenvalue weighted by Crippen LogP contribution is -2.64. The van der Waals surface area contributed by atoms with Crippen molar-refractivity contribution in [2.75, 3.05) is 0 Å². The third-order valence-corrected chi connectivity index (χ3v) is 6.46. The van der Waals surface area contributed by atoms with Crippen molar-refractivity contribution in [3.05, 3.63) is 21.9 Å². The lowest BCUT2D eigenvalue weighted by Gasteiger charge is -2.60. The zero-order chi connectivity index (χ0) is 13.1. The summed E-state index contributed by atoms with van der Waals surface area (Å²) in [6, 6.07) is 4.44. The highest BCUT2D eigenvalue weighted by atomic mass is 32.1. The summed E-state index contributed by atoms with van der Waals surface area (Å²) in [5, 5.41) is 14.6. The van der Waals surface area contributed by atoms with E-state index in [1.54, 1.807) is 0 Å². The number of aryl methyl sites for hydroxylation is 1. The highest BCUT2D eigenvalue weighted by Crippen LogP contribution is 2.57. The van der Waals surface area contributed by atoms with Crippen molar-refractivity contribution in [3.8, 4) is 0 Å². The lowest BCUT2D eigenvalue weighted by molar-refractivity contribution is -0.142. The second-order valence-corrected chi connectivity index (χ2v) is 8.70. The van der Waals surface area contributed by atoms with Crippen LogP contribution in [0.4, 0.5) is 0 Å². The normalized spacial score (nSPS) is 43.9. The second kappa shape index (κ2) is 4.06. The van der Waals surface area contributed by atoms with Crippen molar-refractivity contribution in [3.63, 3.8) is 0 Å². The van der Waals surface area contributed by atoms with Crippen molar-refractivity contribution in [2.45, 2.75) is 63.1 Å². The van der Waals surface area contributed by atoms with Gasteiger partial charge in [-0.05, 0) is 69.4 Å². The maximum Gasteiger partial charge on any atom is 0.0670 e. The molecular weight excluding hydrogens is 254 g/mol. The predicted octanol–water partition coefficient (Wildman–Crippen LogP) is 3.23. The van der Waals surface area contributed by atoms with Crippen molar-refractivity contribution in [2.24, 2.45) is 11.8 Å². The molecule has 4 bridgehead atoms. The third-order valence-electron chi connectivity index (χ3n) is 5.46. The number of nitrogens with one attached hydrogen (secondary N) is 1. The number of hydrogen-bond donors (Lipinski definition) is 2. The van der Waals surface area contributed by atoms with E-state index in [1.165, 1.54) is 29.0 Å². The van der Waals surface area contributed by atoms with Crippen molar-refractivity contribution < 1.29 is 5.11 Å². The molecule has 5 rings (SSSR count). The summed E-state index contributed by atoms with van der Waals surface area (Å²) in [5.41, 5.74) is -0.112. The van der Waals surface area contributed by atoms with Crippen LogP contribution in [0.15, 0.2) is 12.1 Å². The molecule has 1 aromatic rings. The van der Waals surface area contributed by atoms with E-state index in [-0.39, 0.29) is 11.1 Å². The van der Waals surface area contributed by atoms with E-state index < -0.39 is 0 Å². The van der Waals surface area contributed by atoms with Crippen LogP contribution in [0.3, 0.4) is 0 Å². The molecule has 4 aliphatic rings. The van der Waals surface area contributed by atoms with Gasteiger partial charge in [-0.2, -0.15) is 0 Å². The Kier molecular flexibility index (Phi) is 2.64. The molecule has 2 N–H and O–H groups in total. The van der Waals surface area contributed by atoms with Gasteiger partial charge in [0.25, 0.3) is 0 Å². The molecule has 0 saturated heterocycles. The van der Waals surface area contributed by atoms with Crippen LogP contribution in [0.2, 0.25) is 0 Å². The number of rotatable bonds is 3. The fourth-order valence-electron chi connectivity index (χ4n) is 5.28. The largest absolute Gasteiger partial charge is 0.390 e. The van der Waals surface area contributed by atoms with E-state index in [4.69, 9.17) is 0 Å². The Balaban J connectivity index is 1.51. The minimum Gasteiger partial charge on any atom is -0.390 e. The van der Waals surface area contributed by atoms with E-state index in [0.29, 0.717) is 0 Å². The number of aliphatic hydroxyl groups is 1. The molecule has 2 unspecified atom stereocenters. The molecule has 0 aliphatic heterocycles. The van der Waals surface area contributed by atoms with Gasteiger partial charge in [-0.25, -0.2) is 0 Å². The molecule has 0 aromatic carbocycles. The first kappa shape index (κ1) is 12.4. The molecular formula is C16H23NOS. The fraction of sp³-hybridized carbons (Fsp3) is 0.750. The SMILES string of the molecule is Cc1ccc(CNC23CC4CC(CC(O)(C4)C2)C3)s1. The van der Waals surface area contributed by atoms with Gasteiger partial charge in [-0.15, -0.1) is 11.3 Å². The van der Waals surface area contributed by atoms with Crippen LogP contribution in [0.5, 0.6) is 0 Å². The van der Waals surface area contributed by atoms with Crippen LogP contribution in [-0.2, 0) is 6.54 Å². The first-order chi connectivity index (χ1) is 9.04. The quantitative estimate of drug-likeness (QED) is 0.889. The molecule has 19 heavy (non-hydrogen) atoms. The Labute approximate surface area is 119 Å². The second-order valence-electron chi connectivity index (χ2n) is 7.33. The van der Waals surface area contributed by atoms with Crippen LogP contribution >= 0.6 is 11.3 Å². The van der Waals surface area contributed by atoms with Gasteiger partial charge in [0.1, 0.15) is 0 Å². The molecule has 4 aliphatic carbocycles. The van der Waals surface area contributed by atoms with Crippen LogP contribution in [0.1, 0.15) is 48.3 Å². The summed E-state index contributed by atoms with van der Waals surface area (Å²) in [6.45, 7) is 3.15. The third kappa shape index (κ3) is 2.16. The molecule has 1 aromatic heterocycles. The van der Waals surface area contributed by atoms with Crippen molar-refractivity contribution in [1.29, 1.82) is 0 Å². The molecule has 4 fully saturated rings. The van der Waals surface area contributed by atoms with Crippen LogP contribution in [-0.4, -0.2) is 16.2 Å². The van der Waals surface area contributed by atoms with Gasteiger partial charge >= 0.3 is 0 Å². The summed E-state index contributed by atoms with van der Waals surface area (Å²) in [6.07, 6.45) is 7.05. The van der Waals surface area contributed by atoms with E-state index >= 15 is 0 Å². The highest BCUT2D eigenvalue weighted by molar-refractivity contribution is 7.11. The zero-order valence-corrected chi connectivity index (χ0v) is 12.4. The van der Waals surface area contributed by atoms with Crippen LogP contribution in [0, 0.1) is 18.8 Å². The Bertz CT molecular complexity index is 481. The average Bonchev–Trinajstić information content (AvgIpc) is 2.69. The van der Waals surface area contributed by atoms with E-state index in [2.05, 4.69) is 24.4 Å². The molecule has 0 radical (unpaired) electrons. The summed E-state index contributed by atoms with van der Waals surface area (Å²) in [7, 11) is 0. The van der Waals surface area contributed by atoms with Gasteiger partial charge in [-0.3, -0.25) is 0 Å². The summed E-state index contributed by atoms with van der Waals surface area (Å²) >= 11 is 1.89. The number of thiophene rings is 1. The van der Waals surface area contributed by atoms with Gasteiger partial charge in [0.15, 0.2) is 0 Å². The van der Waals surface area contributed by atoms with Crippen LogP contribution in [0.25, 0.3) is 0 Å². The summed E-state index contributed by atoms with van der Waals surface area (Å²) in [4.78, 5) is 2.82. The molecule has 0 amide bonds. The maximum atomic E-state index is 10.7.